The molecule has 210 valence electrons. The molecule has 0 fully saturated rings. The summed E-state index contributed by atoms with van der Waals surface area (Å²) >= 11 is 0. The molecule has 0 saturated heterocycles. The summed E-state index contributed by atoms with van der Waals surface area (Å²) in [6, 6.07) is 4.32. The van der Waals surface area contributed by atoms with Crippen LogP contribution in [0.15, 0.2) is 30.3 Å². The lowest BCUT2D eigenvalue weighted by Gasteiger charge is -2.26. The minimum atomic E-state index is -1.45. The van der Waals surface area contributed by atoms with E-state index in [0.717, 1.165) is 5.56 Å². The van der Waals surface area contributed by atoms with Crippen LogP contribution in [0.4, 0.5) is 0 Å². The van der Waals surface area contributed by atoms with Gasteiger partial charge in [-0.3, -0.25) is 24.0 Å². The van der Waals surface area contributed by atoms with Crippen LogP contribution in [0.1, 0.15) is 51.5 Å². The zero-order valence-corrected chi connectivity index (χ0v) is 21.6. The van der Waals surface area contributed by atoms with Crippen LogP contribution in [0.2, 0.25) is 0 Å². The molecular weight excluding hydrogens is 496 g/mol. The maximum absolute atomic E-state index is 13.1. The molecule has 0 aliphatic carbocycles. The number of nitrogens with two attached hydrogens (primary N) is 3. The van der Waals surface area contributed by atoms with Crippen LogP contribution in [-0.4, -0.2) is 64.8 Å². The number of amides is 5. The molecule has 0 aromatic heterocycles. The summed E-state index contributed by atoms with van der Waals surface area (Å²) in [7, 11) is 0. The lowest BCUT2D eigenvalue weighted by molar-refractivity contribution is -0.142. The molecule has 0 radical (unpaired) electrons. The van der Waals surface area contributed by atoms with Crippen LogP contribution in [0.3, 0.4) is 0 Å². The number of carboxylic acids is 1. The second kappa shape index (κ2) is 16.0. The average Bonchev–Trinajstić information content (AvgIpc) is 2.83. The van der Waals surface area contributed by atoms with E-state index in [1.807, 2.05) is 44.2 Å². The first-order valence-electron chi connectivity index (χ1n) is 12.3. The highest BCUT2D eigenvalue weighted by molar-refractivity contribution is 5.94. The number of carbonyl (C=O) groups is 6. The third kappa shape index (κ3) is 12.3. The number of hydrogen-bond acceptors (Lipinski definition) is 7. The van der Waals surface area contributed by atoms with Crippen molar-refractivity contribution in [1.29, 1.82) is 0 Å². The van der Waals surface area contributed by atoms with Gasteiger partial charge in [0, 0.05) is 12.8 Å². The van der Waals surface area contributed by atoms with Crippen LogP contribution in [0, 0.1) is 5.92 Å². The van der Waals surface area contributed by atoms with Gasteiger partial charge in [0.05, 0.1) is 6.04 Å². The average molecular weight is 535 g/mol. The SMILES string of the molecule is CC(C)CC(NC(=O)C(N)Cc1ccccc1)C(=O)NC(CCC(N)=O)C(=O)NC(CCC(N)=O)C(=O)O. The quantitative estimate of drug-likeness (QED) is 0.126. The minimum absolute atomic E-state index is 0.0283. The first-order valence-corrected chi connectivity index (χ1v) is 12.3. The summed E-state index contributed by atoms with van der Waals surface area (Å²) in [6.45, 7) is 3.67. The Bertz CT molecular complexity index is 986. The summed E-state index contributed by atoms with van der Waals surface area (Å²) in [6.07, 6.45) is -0.588. The Kier molecular flexibility index (Phi) is 13.5. The number of nitrogens with one attached hydrogen (secondary N) is 3. The molecular formula is C25H38N6O7. The van der Waals surface area contributed by atoms with Gasteiger partial charge in [-0.1, -0.05) is 44.2 Å². The van der Waals surface area contributed by atoms with Gasteiger partial charge >= 0.3 is 5.97 Å². The fraction of sp³-hybridized carbons (Fsp3) is 0.520. The number of benzene rings is 1. The van der Waals surface area contributed by atoms with E-state index in [1.165, 1.54) is 0 Å². The van der Waals surface area contributed by atoms with Crippen molar-refractivity contribution in [3.8, 4) is 0 Å². The zero-order valence-electron chi connectivity index (χ0n) is 21.6. The highest BCUT2D eigenvalue weighted by atomic mass is 16.4. The Labute approximate surface area is 221 Å². The number of carboxylic acid groups (broad SMARTS) is 1. The first kappa shape index (κ1) is 32.0. The van der Waals surface area contributed by atoms with Gasteiger partial charge in [0.2, 0.25) is 29.5 Å². The van der Waals surface area contributed by atoms with Crippen molar-refractivity contribution in [2.45, 2.75) is 76.5 Å². The second-order valence-electron chi connectivity index (χ2n) is 9.46. The summed E-state index contributed by atoms with van der Waals surface area (Å²) < 4.78 is 0. The van der Waals surface area contributed by atoms with E-state index in [2.05, 4.69) is 16.0 Å². The van der Waals surface area contributed by atoms with Crippen LogP contribution in [0.5, 0.6) is 0 Å². The third-order valence-corrected chi connectivity index (χ3v) is 5.58. The monoisotopic (exact) mass is 534 g/mol. The molecule has 13 heteroatoms. The second-order valence-corrected chi connectivity index (χ2v) is 9.46. The van der Waals surface area contributed by atoms with Crippen molar-refractivity contribution in [3.05, 3.63) is 35.9 Å². The molecule has 5 amide bonds. The van der Waals surface area contributed by atoms with Crippen molar-refractivity contribution in [2.24, 2.45) is 23.1 Å². The molecule has 0 bridgehead atoms. The van der Waals surface area contributed by atoms with Gasteiger partial charge in [0.1, 0.15) is 18.1 Å². The first-order chi connectivity index (χ1) is 17.8. The Hall–Kier alpha value is -4.00. The number of carbonyl (C=O) groups excluding carboxylic acids is 5. The molecule has 0 spiro atoms. The van der Waals surface area contributed by atoms with Crippen LogP contribution < -0.4 is 33.2 Å². The predicted molar refractivity (Wildman–Crippen MR) is 138 cm³/mol. The Balaban J connectivity index is 2.99. The van der Waals surface area contributed by atoms with Gasteiger partial charge < -0.3 is 38.3 Å². The van der Waals surface area contributed by atoms with E-state index in [4.69, 9.17) is 17.2 Å². The van der Waals surface area contributed by atoms with Crippen molar-refractivity contribution in [2.75, 3.05) is 0 Å². The number of rotatable bonds is 17. The van der Waals surface area contributed by atoms with E-state index in [1.54, 1.807) is 0 Å². The lowest BCUT2D eigenvalue weighted by Crippen LogP contribution is -2.57. The summed E-state index contributed by atoms with van der Waals surface area (Å²) in [5, 5.41) is 16.7. The molecule has 38 heavy (non-hydrogen) atoms. The predicted octanol–water partition coefficient (Wildman–Crippen LogP) is -1.33. The Morgan fingerprint density at radius 2 is 1.24 bits per heavy atom. The summed E-state index contributed by atoms with van der Waals surface area (Å²) in [4.78, 5) is 72.7. The highest BCUT2D eigenvalue weighted by Gasteiger charge is 2.31. The zero-order chi connectivity index (χ0) is 28.8. The fourth-order valence-corrected chi connectivity index (χ4v) is 3.59. The molecule has 10 N–H and O–H groups in total. The fourth-order valence-electron chi connectivity index (χ4n) is 3.59. The number of hydrogen-bond donors (Lipinski definition) is 7. The molecule has 4 atom stereocenters. The maximum atomic E-state index is 13.1. The van der Waals surface area contributed by atoms with Gasteiger partial charge in [-0.2, -0.15) is 0 Å². The Morgan fingerprint density at radius 3 is 1.74 bits per heavy atom. The maximum Gasteiger partial charge on any atom is 0.326 e. The standard InChI is InChI=1S/C25H38N6O7/c1-14(2)12-19(31-22(34)16(26)13-15-6-4-3-5-7-15)24(36)29-17(8-10-20(27)32)23(35)30-18(25(37)38)9-11-21(28)33/h3-7,14,16-19H,8-13,26H2,1-2H3,(H2,27,32)(H2,28,33)(H,29,36)(H,30,35)(H,31,34)(H,37,38). The Morgan fingerprint density at radius 1 is 0.763 bits per heavy atom. The van der Waals surface area contributed by atoms with Gasteiger partial charge in [-0.15, -0.1) is 0 Å². The van der Waals surface area contributed by atoms with Gasteiger partial charge in [0.15, 0.2) is 0 Å². The molecule has 1 rings (SSSR count). The molecule has 1 aromatic carbocycles. The van der Waals surface area contributed by atoms with Gasteiger partial charge in [-0.05, 0) is 37.2 Å². The van der Waals surface area contributed by atoms with E-state index in [0.29, 0.717) is 0 Å². The third-order valence-electron chi connectivity index (χ3n) is 5.58. The smallest absolute Gasteiger partial charge is 0.326 e. The van der Waals surface area contributed by atoms with E-state index in [9.17, 15) is 33.9 Å². The molecule has 13 nitrogen and oxygen atoms in total. The lowest BCUT2D eigenvalue weighted by atomic mass is 10.0. The van der Waals surface area contributed by atoms with Crippen LogP contribution >= 0.6 is 0 Å². The molecule has 0 saturated carbocycles. The van der Waals surface area contributed by atoms with Crippen LogP contribution in [-0.2, 0) is 35.2 Å². The topological polar surface area (TPSA) is 237 Å². The molecule has 4 unspecified atom stereocenters. The largest absolute Gasteiger partial charge is 0.480 e. The van der Waals surface area contributed by atoms with E-state index in [-0.39, 0.29) is 44.4 Å². The number of primary amides is 2. The van der Waals surface area contributed by atoms with Crippen LogP contribution in [0.25, 0.3) is 0 Å². The number of aliphatic carboxylic acids is 1. The molecule has 0 aliphatic heterocycles. The normalized spacial score (nSPS) is 14.0. The summed E-state index contributed by atoms with van der Waals surface area (Å²) in [5.41, 5.74) is 17.1. The van der Waals surface area contributed by atoms with Gasteiger partial charge in [0.25, 0.3) is 0 Å². The molecule has 0 heterocycles. The van der Waals surface area contributed by atoms with Gasteiger partial charge in [-0.25, -0.2) is 4.79 Å². The van der Waals surface area contributed by atoms with Crippen molar-refractivity contribution in [1.82, 2.24) is 16.0 Å². The minimum Gasteiger partial charge on any atom is -0.480 e. The molecule has 0 aliphatic rings. The van der Waals surface area contributed by atoms with E-state index < -0.39 is 59.7 Å². The molecule has 1 aromatic rings. The highest BCUT2D eigenvalue weighted by Crippen LogP contribution is 2.09. The summed E-state index contributed by atoms with van der Waals surface area (Å²) in [5.74, 6) is -5.10. The van der Waals surface area contributed by atoms with Crippen molar-refractivity contribution in [3.63, 3.8) is 0 Å². The van der Waals surface area contributed by atoms with Crippen molar-refractivity contribution < 1.29 is 33.9 Å². The van der Waals surface area contributed by atoms with E-state index >= 15 is 0 Å². The van der Waals surface area contributed by atoms with Crippen molar-refractivity contribution >= 4 is 35.5 Å².